The number of hydrogen-bond acceptors (Lipinski definition) is 5. The van der Waals surface area contributed by atoms with Crippen molar-refractivity contribution in [3.8, 4) is 0 Å². The van der Waals surface area contributed by atoms with Crippen LogP contribution in [0, 0.1) is 31.6 Å². The molecule has 0 saturated heterocycles. The van der Waals surface area contributed by atoms with Crippen molar-refractivity contribution >= 4 is 28.9 Å². The first kappa shape index (κ1) is 20.1. The zero-order valence-electron chi connectivity index (χ0n) is 17.0. The highest BCUT2D eigenvalue weighted by Crippen LogP contribution is 2.40. The molecule has 2 aromatic heterocycles. The van der Waals surface area contributed by atoms with Gasteiger partial charge in [-0.15, -0.1) is 11.3 Å². The molecule has 2 saturated carbocycles. The number of aryl methyl sites for hydroxylation is 1. The van der Waals surface area contributed by atoms with Gasteiger partial charge in [0.15, 0.2) is 6.61 Å². The van der Waals surface area contributed by atoms with Gasteiger partial charge in [0.25, 0.3) is 0 Å². The average molecular weight is 414 g/mol. The molecule has 0 aliphatic heterocycles. The van der Waals surface area contributed by atoms with Crippen LogP contribution >= 0.6 is 11.3 Å². The molecule has 0 N–H and O–H groups in total. The summed E-state index contributed by atoms with van der Waals surface area (Å²) in [6.07, 6.45) is 4.00. The van der Waals surface area contributed by atoms with E-state index in [4.69, 9.17) is 4.74 Å². The lowest BCUT2D eigenvalue weighted by Gasteiger charge is -2.36. The molecule has 0 unspecified atom stereocenters. The number of ketones is 2. The Balaban J connectivity index is 1.37. The Bertz CT molecular complexity index is 911. The van der Waals surface area contributed by atoms with Crippen molar-refractivity contribution in [2.45, 2.75) is 52.5 Å². The van der Waals surface area contributed by atoms with Gasteiger partial charge in [0.1, 0.15) is 5.78 Å². The van der Waals surface area contributed by atoms with Crippen molar-refractivity contribution in [3.05, 3.63) is 45.4 Å². The highest BCUT2D eigenvalue weighted by Gasteiger charge is 2.41. The maximum atomic E-state index is 12.7. The van der Waals surface area contributed by atoms with Crippen molar-refractivity contribution in [1.29, 1.82) is 0 Å². The van der Waals surface area contributed by atoms with Crippen molar-refractivity contribution in [2.24, 2.45) is 17.8 Å². The number of carbonyl (C=O) groups excluding carboxylic acids is 3. The number of hydrogen-bond donors (Lipinski definition) is 0. The third-order valence-electron chi connectivity index (χ3n) is 6.49. The van der Waals surface area contributed by atoms with Gasteiger partial charge in [-0.1, -0.05) is 12.5 Å². The summed E-state index contributed by atoms with van der Waals surface area (Å²) in [6.45, 7) is 4.42. The van der Waals surface area contributed by atoms with Crippen LogP contribution < -0.4 is 0 Å². The Morgan fingerprint density at radius 1 is 1.21 bits per heavy atom. The molecule has 0 spiro atoms. The molecule has 2 fully saturated rings. The molecule has 2 aliphatic rings. The minimum absolute atomic E-state index is 0.00642. The molecule has 0 aromatic carbocycles. The number of nitrogens with zero attached hydrogens (tertiary/aromatic N) is 1. The molecular formula is C23H27NO4S. The molecule has 29 heavy (non-hydrogen) atoms. The van der Waals surface area contributed by atoms with E-state index in [0.29, 0.717) is 24.2 Å². The normalized spacial score (nSPS) is 23.8. The van der Waals surface area contributed by atoms with Gasteiger partial charge < -0.3 is 9.30 Å². The summed E-state index contributed by atoms with van der Waals surface area (Å²) in [7, 11) is 0. The molecule has 154 valence electrons. The third-order valence-corrected chi connectivity index (χ3v) is 7.36. The molecule has 2 atom stereocenters. The van der Waals surface area contributed by atoms with E-state index in [1.165, 1.54) is 4.88 Å². The molecule has 5 nitrogen and oxygen atoms in total. The largest absolute Gasteiger partial charge is 0.457 e. The highest BCUT2D eigenvalue weighted by atomic mass is 32.1. The van der Waals surface area contributed by atoms with E-state index in [-0.39, 0.29) is 36.1 Å². The molecule has 2 bridgehead atoms. The fourth-order valence-electron chi connectivity index (χ4n) is 4.89. The molecule has 0 amide bonds. The minimum atomic E-state index is -0.324. The lowest BCUT2D eigenvalue weighted by Crippen LogP contribution is -2.39. The second-order valence-electron chi connectivity index (χ2n) is 8.38. The Hall–Kier alpha value is -2.21. The molecule has 4 rings (SSSR count). The quantitative estimate of drug-likeness (QED) is 0.522. The van der Waals surface area contributed by atoms with Crippen molar-refractivity contribution < 1.29 is 19.1 Å². The molecule has 6 heteroatoms. The number of Topliss-reactive ketones (excluding diaryl/α,β-unsaturated/α-hetero) is 2. The van der Waals surface area contributed by atoms with E-state index in [2.05, 4.69) is 10.6 Å². The van der Waals surface area contributed by atoms with Gasteiger partial charge in [-0.3, -0.25) is 14.4 Å². The molecule has 0 radical (unpaired) electrons. The van der Waals surface area contributed by atoms with E-state index in [9.17, 15) is 14.4 Å². The zero-order chi connectivity index (χ0) is 20.5. The van der Waals surface area contributed by atoms with Crippen LogP contribution in [0.5, 0.6) is 0 Å². The number of ether oxygens (including phenoxy) is 1. The Kier molecular flexibility index (Phi) is 5.72. The van der Waals surface area contributed by atoms with E-state index >= 15 is 0 Å². The topological polar surface area (TPSA) is 65.4 Å². The van der Waals surface area contributed by atoms with Gasteiger partial charge in [0, 0.05) is 33.7 Å². The van der Waals surface area contributed by atoms with E-state index < -0.39 is 0 Å². The second kappa shape index (κ2) is 8.27. The van der Waals surface area contributed by atoms with Crippen LogP contribution in [0.3, 0.4) is 0 Å². The summed E-state index contributed by atoms with van der Waals surface area (Å²) in [4.78, 5) is 38.7. The Labute approximate surface area is 175 Å². The Morgan fingerprint density at radius 2 is 1.93 bits per heavy atom. The van der Waals surface area contributed by atoms with E-state index in [1.54, 1.807) is 11.3 Å². The monoisotopic (exact) mass is 413 g/mol. The first-order valence-corrected chi connectivity index (χ1v) is 11.2. The van der Waals surface area contributed by atoms with E-state index in [1.807, 2.05) is 31.4 Å². The lowest BCUT2D eigenvalue weighted by molar-refractivity contribution is -0.152. The number of thiophene rings is 1. The van der Waals surface area contributed by atoms with Crippen LogP contribution in [0.4, 0.5) is 0 Å². The second-order valence-corrected chi connectivity index (χ2v) is 9.41. The van der Waals surface area contributed by atoms with E-state index in [0.717, 1.165) is 37.2 Å². The van der Waals surface area contributed by atoms with Crippen molar-refractivity contribution in [1.82, 2.24) is 4.57 Å². The summed E-state index contributed by atoms with van der Waals surface area (Å²) in [5.74, 6) is -0.401. The predicted molar refractivity (Wildman–Crippen MR) is 111 cm³/mol. The summed E-state index contributed by atoms with van der Waals surface area (Å²) in [5.41, 5.74) is 2.53. The first-order valence-electron chi connectivity index (χ1n) is 10.4. The van der Waals surface area contributed by atoms with Crippen LogP contribution in [0.2, 0.25) is 0 Å². The van der Waals surface area contributed by atoms with Crippen LogP contribution in [-0.2, 0) is 20.9 Å². The number of aromatic nitrogens is 1. The summed E-state index contributed by atoms with van der Waals surface area (Å²) >= 11 is 1.69. The van der Waals surface area contributed by atoms with Crippen LogP contribution in [0.15, 0.2) is 23.6 Å². The lowest BCUT2D eigenvalue weighted by atomic mass is 9.67. The number of esters is 1. The number of rotatable bonds is 6. The highest BCUT2D eigenvalue weighted by molar-refractivity contribution is 7.09. The predicted octanol–water partition coefficient (Wildman–Crippen LogP) is 4.34. The smallest absolute Gasteiger partial charge is 0.309 e. The van der Waals surface area contributed by atoms with Crippen LogP contribution in [0.25, 0.3) is 0 Å². The minimum Gasteiger partial charge on any atom is -0.457 e. The SMILES string of the molecule is Cc1cc(C(=O)COC(=O)C2C[C@H]3CCC[C@H](C2)C3=O)c(C)n1Cc1cccs1. The van der Waals surface area contributed by atoms with Crippen LogP contribution in [0.1, 0.15) is 58.7 Å². The molecule has 2 aliphatic carbocycles. The fraction of sp³-hybridized carbons (Fsp3) is 0.522. The van der Waals surface area contributed by atoms with Crippen molar-refractivity contribution in [3.63, 3.8) is 0 Å². The summed E-state index contributed by atoms with van der Waals surface area (Å²) < 4.78 is 7.52. The summed E-state index contributed by atoms with van der Waals surface area (Å²) in [5, 5.41) is 2.04. The molecular weight excluding hydrogens is 386 g/mol. The van der Waals surface area contributed by atoms with Crippen LogP contribution in [-0.4, -0.2) is 28.7 Å². The van der Waals surface area contributed by atoms with Gasteiger partial charge in [-0.25, -0.2) is 0 Å². The van der Waals surface area contributed by atoms with Gasteiger partial charge in [0.2, 0.25) is 5.78 Å². The third kappa shape index (κ3) is 4.08. The maximum Gasteiger partial charge on any atom is 0.309 e. The average Bonchev–Trinajstić information content (AvgIpc) is 3.29. The molecule has 2 heterocycles. The number of carbonyl (C=O) groups is 3. The van der Waals surface area contributed by atoms with Crippen molar-refractivity contribution in [2.75, 3.05) is 6.61 Å². The first-order chi connectivity index (χ1) is 13.9. The molecule has 2 aromatic rings. The number of fused-ring (bicyclic) bond motifs is 2. The van der Waals surface area contributed by atoms with Gasteiger partial charge in [0.05, 0.1) is 12.5 Å². The maximum absolute atomic E-state index is 12.7. The zero-order valence-corrected chi connectivity index (χ0v) is 17.8. The summed E-state index contributed by atoms with van der Waals surface area (Å²) in [6, 6.07) is 5.98. The standard InChI is InChI=1S/C23H27NO4S/c1-14-9-20(15(2)24(14)12-19-7-4-8-29-19)21(25)13-28-23(27)18-10-16-5-3-6-17(11-18)22(16)26/h4,7-9,16-18H,3,5-6,10-13H2,1-2H3/t16-,17-/m1/s1. The van der Waals surface area contributed by atoms with Gasteiger partial charge in [-0.05, 0) is 57.0 Å². The fourth-order valence-corrected chi connectivity index (χ4v) is 5.58. The van der Waals surface area contributed by atoms with Gasteiger partial charge in [-0.2, -0.15) is 0 Å². The Morgan fingerprint density at radius 3 is 2.59 bits per heavy atom. The van der Waals surface area contributed by atoms with Gasteiger partial charge >= 0.3 is 5.97 Å².